The molecule has 0 aliphatic heterocycles. The van der Waals surface area contributed by atoms with Crippen molar-refractivity contribution in [3.63, 3.8) is 0 Å². The Hall–Kier alpha value is -3.84. The normalized spacial score (nSPS) is 11.3. The first-order chi connectivity index (χ1) is 15.8. The Bertz CT molecular complexity index is 1580. The predicted octanol–water partition coefficient (Wildman–Crippen LogP) is 6.42. The second-order valence-electron chi connectivity index (χ2n) is 7.88. The fourth-order valence-electron chi connectivity index (χ4n) is 4.13. The molecule has 5 aromatic rings. The Morgan fingerprint density at radius 3 is 2.42 bits per heavy atom. The standard InChI is InChI=1S/C26H20O6S/c1-13-9-14(2)22-15(3)23(31-20(22)10-13)25(27)30-18-11-19(16-5-7-17(29-4)8-6-16)24-21(12-18)33-26(28)32-24/h5-12H,1-4H3. The second kappa shape index (κ2) is 7.94. The van der Waals surface area contributed by atoms with E-state index in [9.17, 15) is 9.59 Å². The molecule has 2 heterocycles. The number of carbonyl (C=O) groups excluding carboxylic acids is 1. The molecule has 0 saturated heterocycles. The van der Waals surface area contributed by atoms with E-state index in [0.29, 0.717) is 32.9 Å². The molecule has 0 aliphatic carbocycles. The van der Waals surface area contributed by atoms with Crippen LogP contribution >= 0.6 is 11.3 Å². The lowest BCUT2D eigenvalue weighted by molar-refractivity contribution is 0.0703. The van der Waals surface area contributed by atoms with Crippen LogP contribution < -0.4 is 14.4 Å². The summed E-state index contributed by atoms with van der Waals surface area (Å²) >= 11 is 0.955. The summed E-state index contributed by atoms with van der Waals surface area (Å²) in [7, 11) is 1.59. The fraction of sp³-hybridized carbons (Fsp3) is 0.154. The maximum atomic E-state index is 13.1. The van der Waals surface area contributed by atoms with Gasteiger partial charge in [0, 0.05) is 22.6 Å². The van der Waals surface area contributed by atoms with Crippen molar-refractivity contribution >= 4 is 38.6 Å². The highest BCUT2D eigenvalue weighted by Crippen LogP contribution is 2.36. The molecule has 0 N–H and O–H groups in total. The van der Waals surface area contributed by atoms with Crippen molar-refractivity contribution in [2.75, 3.05) is 7.11 Å². The molecule has 0 spiro atoms. The monoisotopic (exact) mass is 460 g/mol. The summed E-state index contributed by atoms with van der Waals surface area (Å²) in [6.07, 6.45) is 0. The van der Waals surface area contributed by atoms with Crippen LogP contribution in [0, 0.1) is 20.8 Å². The maximum absolute atomic E-state index is 13.1. The Balaban J connectivity index is 1.57. The van der Waals surface area contributed by atoms with Crippen molar-refractivity contribution in [2.45, 2.75) is 20.8 Å². The molecule has 0 bridgehead atoms. The van der Waals surface area contributed by atoms with Gasteiger partial charge in [-0.1, -0.05) is 29.5 Å². The van der Waals surface area contributed by atoms with E-state index >= 15 is 0 Å². The minimum Gasteiger partial charge on any atom is -0.497 e. The first-order valence-electron chi connectivity index (χ1n) is 10.3. The molecule has 0 atom stereocenters. The number of hydrogen-bond donors (Lipinski definition) is 0. The van der Waals surface area contributed by atoms with Crippen LogP contribution in [0.5, 0.6) is 11.5 Å². The molecular formula is C26H20O6S. The summed E-state index contributed by atoms with van der Waals surface area (Å²) in [6, 6.07) is 14.6. The third-order valence-corrected chi connectivity index (χ3v) is 6.35. The number of ether oxygens (including phenoxy) is 2. The average molecular weight is 461 g/mol. The molecule has 6 nitrogen and oxygen atoms in total. The number of furan rings is 1. The molecule has 33 heavy (non-hydrogen) atoms. The van der Waals surface area contributed by atoms with E-state index in [4.69, 9.17) is 18.3 Å². The Labute approximate surface area is 193 Å². The lowest BCUT2D eigenvalue weighted by Gasteiger charge is -2.08. The van der Waals surface area contributed by atoms with E-state index in [-0.39, 0.29) is 5.76 Å². The molecule has 7 heteroatoms. The lowest BCUT2D eigenvalue weighted by Crippen LogP contribution is -2.08. The number of benzene rings is 3. The van der Waals surface area contributed by atoms with Crippen molar-refractivity contribution in [1.82, 2.24) is 0 Å². The quantitative estimate of drug-likeness (QED) is 0.227. The highest BCUT2D eigenvalue weighted by atomic mass is 32.1. The van der Waals surface area contributed by atoms with Gasteiger partial charge in [0.1, 0.15) is 17.1 Å². The van der Waals surface area contributed by atoms with Crippen LogP contribution in [0.25, 0.3) is 32.4 Å². The van der Waals surface area contributed by atoms with Crippen molar-refractivity contribution in [2.24, 2.45) is 0 Å². The fourth-order valence-corrected chi connectivity index (χ4v) is 4.86. The summed E-state index contributed by atoms with van der Waals surface area (Å²) in [5.41, 5.74) is 5.36. The summed E-state index contributed by atoms with van der Waals surface area (Å²) in [4.78, 5) is 24.6. The largest absolute Gasteiger partial charge is 0.497 e. The molecule has 3 aromatic carbocycles. The Morgan fingerprint density at radius 2 is 1.70 bits per heavy atom. The van der Waals surface area contributed by atoms with Crippen LogP contribution in [0.1, 0.15) is 27.2 Å². The van der Waals surface area contributed by atoms with E-state index in [2.05, 4.69) is 6.07 Å². The molecule has 0 amide bonds. The van der Waals surface area contributed by atoms with E-state index < -0.39 is 10.9 Å². The van der Waals surface area contributed by atoms with Crippen LogP contribution in [0.3, 0.4) is 0 Å². The van der Waals surface area contributed by atoms with Crippen LogP contribution in [0.15, 0.2) is 62.2 Å². The summed E-state index contributed by atoms with van der Waals surface area (Å²) in [6.45, 7) is 5.82. The van der Waals surface area contributed by atoms with E-state index in [0.717, 1.165) is 39.0 Å². The number of rotatable bonds is 4. The summed E-state index contributed by atoms with van der Waals surface area (Å²) in [5.74, 6) is 0.556. The van der Waals surface area contributed by atoms with Gasteiger partial charge in [-0.3, -0.25) is 0 Å². The van der Waals surface area contributed by atoms with E-state index in [1.807, 2.05) is 51.1 Å². The summed E-state index contributed by atoms with van der Waals surface area (Å²) < 4.78 is 22.8. The van der Waals surface area contributed by atoms with Crippen LogP contribution in [0.2, 0.25) is 0 Å². The predicted molar refractivity (Wildman–Crippen MR) is 128 cm³/mol. The van der Waals surface area contributed by atoms with Crippen molar-refractivity contribution in [3.8, 4) is 22.6 Å². The third-order valence-electron chi connectivity index (χ3n) is 5.58. The Morgan fingerprint density at radius 1 is 0.939 bits per heavy atom. The smallest absolute Gasteiger partial charge is 0.396 e. The van der Waals surface area contributed by atoms with Gasteiger partial charge in [0.2, 0.25) is 5.76 Å². The van der Waals surface area contributed by atoms with E-state index in [1.54, 1.807) is 19.2 Å². The molecule has 2 aromatic heterocycles. The van der Waals surface area contributed by atoms with Gasteiger partial charge in [-0.05, 0) is 61.7 Å². The first kappa shape index (κ1) is 21.0. The first-order valence-corrected chi connectivity index (χ1v) is 11.1. The van der Waals surface area contributed by atoms with E-state index in [1.165, 1.54) is 0 Å². The Kier molecular flexibility index (Phi) is 5.06. The van der Waals surface area contributed by atoms with Crippen molar-refractivity contribution in [1.29, 1.82) is 0 Å². The molecule has 0 radical (unpaired) electrons. The van der Waals surface area contributed by atoms with Gasteiger partial charge in [-0.2, -0.15) is 0 Å². The highest BCUT2D eigenvalue weighted by molar-refractivity contribution is 7.16. The molecule has 0 saturated carbocycles. The topological polar surface area (TPSA) is 78.9 Å². The van der Waals surface area contributed by atoms with Gasteiger partial charge in [-0.25, -0.2) is 9.59 Å². The van der Waals surface area contributed by atoms with Crippen LogP contribution in [0.4, 0.5) is 0 Å². The molecular weight excluding hydrogens is 440 g/mol. The zero-order valence-electron chi connectivity index (χ0n) is 18.5. The second-order valence-corrected chi connectivity index (χ2v) is 8.86. The average Bonchev–Trinajstić information content (AvgIpc) is 3.32. The third kappa shape index (κ3) is 3.70. The maximum Gasteiger partial charge on any atom is 0.396 e. The van der Waals surface area contributed by atoms with Gasteiger partial charge in [0.15, 0.2) is 5.58 Å². The van der Waals surface area contributed by atoms with Gasteiger partial charge in [0.25, 0.3) is 0 Å². The van der Waals surface area contributed by atoms with Crippen LogP contribution in [-0.4, -0.2) is 13.1 Å². The number of fused-ring (bicyclic) bond motifs is 2. The minimum absolute atomic E-state index is 0.158. The lowest BCUT2D eigenvalue weighted by atomic mass is 10.0. The number of carbonyl (C=O) groups is 1. The van der Waals surface area contributed by atoms with Crippen LogP contribution in [-0.2, 0) is 0 Å². The van der Waals surface area contributed by atoms with Crippen molar-refractivity contribution in [3.05, 3.63) is 80.7 Å². The molecule has 5 rings (SSSR count). The molecule has 0 unspecified atom stereocenters. The van der Waals surface area contributed by atoms with Gasteiger partial charge in [-0.15, -0.1) is 0 Å². The molecule has 0 aliphatic rings. The summed E-state index contributed by atoms with van der Waals surface area (Å²) in [5, 5.41) is 0.912. The SMILES string of the molecule is COc1ccc(-c2cc(OC(=O)c3oc4cc(C)cc(C)c4c3C)cc3sc(=O)oc23)cc1. The number of aryl methyl sites for hydroxylation is 3. The highest BCUT2D eigenvalue weighted by Gasteiger charge is 2.22. The number of hydrogen-bond acceptors (Lipinski definition) is 7. The molecule has 0 fully saturated rings. The van der Waals surface area contributed by atoms with Gasteiger partial charge in [0.05, 0.1) is 11.8 Å². The number of methoxy groups -OCH3 is 1. The zero-order chi connectivity index (χ0) is 23.3. The number of esters is 1. The minimum atomic E-state index is -0.600. The van der Waals surface area contributed by atoms with Crippen molar-refractivity contribution < 1.29 is 23.1 Å². The van der Waals surface area contributed by atoms with Gasteiger partial charge < -0.3 is 18.3 Å². The zero-order valence-corrected chi connectivity index (χ0v) is 19.3. The van der Waals surface area contributed by atoms with Gasteiger partial charge >= 0.3 is 10.9 Å². The molecule has 166 valence electrons.